The van der Waals surface area contributed by atoms with Crippen LogP contribution in [0.25, 0.3) is 0 Å². The van der Waals surface area contributed by atoms with E-state index in [1.54, 1.807) is 0 Å². The Morgan fingerprint density at radius 1 is 1.47 bits per heavy atom. The van der Waals surface area contributed by atoms with Crippen molar-refractivity contribution in [2.24, 2.45) is 5.34 Å². The molecule has 0 unspecified atom stereocenters. The first-order valence-corrected chi connectivity index (χ1v) is 4.46. The second kappa shape index (κ2) is 5.04. The number of halogens is 3. The zero-order valence-corrected chi connectivity index (χ0v) is 8.68. The monoisotopic (exact) mass is 251 g/mol. The van der Waals surface area contributed by atoms with E-state index in [2.05, 4.69) is 4.84 Å². The lowest BCUT2D eigenvalue weighted by atomic mass is 10.1. The summed E-state index contributed by atoms with van der Waals surface area (Å²) >= 11 is 11.3. The molecule has 0 radical (unpaired) electrons. The minimum Gasteiger partial charge on any atom is -0.284 e. The maximum absolute atomic E-state index is 13.2. The van der Waals surface area contributed by atoms with Gasteiger partial charge in [-0.1, -0.05) is 23.2 Å². The van der Waals surface area contributed by atoms with Crippen LogP contribution in [0, 0.1) is 10.7 Å². The van der Waals surface area contributed by atoms with E-state index in [0.29, 0.717) is 0 Å². The number of benzene rings is 1. The highest BCUT2D eigenvalue weighted by Gasteiger charge is 2.15. The van der Waals surface area contributed by atoms with Crippen LogP contribution in [-0.2, 0) is 16.1 Å². The maximum Gasteiger partial charge on any atom is 0.343 e. The van der Waals surface area contributed by atoms with Gasteiger partial charge >= 0.3 is 5.97 Å². The molecule has 1 aromatic carbocycles. The fourth-order valence-electron chi connectivity index (χ4n) is 0.949. The molecule has 80 valence electrons. The first-order chi connectivity index (χ1) is 7.06. The van der Waals surface area contributed by atoms with Gasteiger partial charge in [0.1, 0.15) is 5.82 Å². The number of hydrogen-bond donors (Lipinski definition) is 0. The van der Waals surface area contributed by atoms with Gasteiger partial charge in [0.2, 0.25) is 0 Å². The molecule has 1 aromatic rings. The summed E-state index contributed by atoms with van der Waals surface area (Å²) in [7, 11) is 0. The van der Waals surface area contributed by atoms with Gasteiger partial charge < -0.3 is 0 Å². The second-order valence-electron chi connectivity index (χ2n) is 2.54. The van der Waals surface area contributed by atoms with Crippen molar-refractivity contribution in [2.75, 3.05) is 0 Å². The molecule has 0 amide bonds. The summed E-state index contributed by atoms with van der Waals surface area (Å²) in [5.41, 5.74) is -0.127. The summed E-state index contributed by atoms with van der Waals surface area (Å²) in [6.07, 6.45) is -0.503. The van der Waals surface area contributed by atoms with Crippen molar-refractivity contribution < 1.29 is 14.0 Å². The topological polar surface area (TPSA) is 55.7 Å². The van der Waals surface area contributed by atoms with Crippen LogP contribution >= 0.6 is 23.2 Å². The summed E-state index contributed by atoms with van der Waals surface area (Å²) in [5.74, 6) is -1.71. The summed E-state index contributed by atoms with van der Waals surface area (Å²) in [4.78, 5) is 24.2. The van der Waals surface area contributed by atoms with Gasteiger partial charge in [0, 0.05) is 5.56 Å². The fraction of sp³-hybridized carbons (Fsp3) is 0.125. The van der Waals surface area contributed by atoms with Gasteiger partial charge in [-0.25, -0.2) is 9.18 Å². The Bertz CT molecular complexity index is 411. The van der Waals surface area contributed by atoms with E-state index in [4.69, 9.17) is 23.2 Å². The van der Waals surface area contributed by atoms with E-state index in [0.717, 1.165) is 6.07 Å². The Kier molecular flexibility index (Phi) is 3.99. The minimum atomic E-state index is -1.01. The molecule has 0 aliphatic carbocycles. The fourth-order valence-corrected chi connectivity index (χ4v) is 1.35. The minimum absolute atomic E-state index is 0.0838. The second-order valence-corrected chi connectivity index (χ2v) is 3.32. The number of carbonyl (C=O) groups excluding carboxylic acids is 1. The molecule has 7 heteroatoms. The van der Waals surface area contributed by atoms with Gasteiger partial charge in [0.15, 0.2) is 5.34 Å². The Hall–Kier alpha value is -1.20. The van der Waals surface area contributed by atoms with Crippen molar-refractivity contribution in [3.8, 4) is 0 Å². The van der Waals surface area contributed by atoms with E-state index in [1.807, 2.05) is 5.34 Å². The van der Waals surface area contributed by atoms with E-state index in [1.165, 1.54) is 6.07 Å². The molecule has 0 bridgehead atoms. The molecule has 0 N–H and O–H groups in total. The van der Waals surface area contributed by atoms with Gasteiger partial charge in [0.05, 0.1) is 16.5 Å². The lowest BCUT2D eigenvalue weighted by Gasteiger charge is -2.04. The molecule has 0 aromatic heterocycles. The van der Waals surface area contributed by atoms with Crippen LogP contribution in [0.4, 0.5) is 4.39 Å². The summed E-state index contributed by atoms with van der Waals surface area (Å²) in [5, 5.41) is 1.94. The zero-order valence-electron chi connectivity index (χ0n) is 7.17. The lowest BCUT2D eigenvalue weighted by molar-refractivity contribution is -0.143. The van der Waals surface area contributed by atoms with Crippen molar-refractivity contribution in [3.63, 3.8) is 0 Å². The Morgan fingerprint density at radius 3 is 2.73 bits per heavy atom. The molecule has 15 heavy (non-hydrogen) atoms. The van der Waals surface area contributed by atoms with Gasteiger partial charge in [-0.3, -0.25) is 4.84 Å². The molecular formula is C8H4Cl2FNO3. The Balaban J connectivity index is 2.98. The van der Waals surface area contributed by atoms with Crippen LogP contribution in [0.3, 0.4) is 0 Å². The van der Waals surface area contributed by atoms with Crippen LogP contribution in [0.15, 0.2) is 17.5 Å². The number of hydrogen-bond acceptors (Lipinski definition) is 4. The molecular weight excluding hydrogens is 248 g/mol. The van der Waals surface area contributed by atoms with Crippen molar-refractivity contribution in [1.82, 2.24) is 0 Å². The summed E-state index contributed by atoms with van der Waals surface area (Å²) in [6, 6.07) is 2.32. The third-order valence-electron chi connectivity index (χ3n) is 1.60. The van der Waals surface area contributed by atoms with Crippen molar-refractivity contribution in [3.05, 3.63) is 38.5 Å². The highest BCUT2D eigenvalue weighted by Crippen LogP contribution is 2.28. The molecule has 0 saturated carbocycles. The summed E-state index contributed by atoms with van der Waals surface area (Å²) < 4.78 is 13.2. The highest BCUT2D eigenvalue weighted by molar-refractivity contribution is 6.42. The van der Waals surface area contributed by atoms with E-state index >= 15 is 0 Å². The number of rotatable bonds is 3. The molecule has 0 aliphatic heterocycles. The molecule has 0 atom stereocenters. The lowest BCUT2D eigenvalue weighted by Crippen LogP contribution is -2.06. The average Bonchev–Trinajstić information content (AvgIpc) is 2.19. The Labute approximate surface area is 93.9 Å². The zero-order chi connectivity index (χ0) is 11.4. The largest absolute Gasteiger partial charge is 0.343 e. The highest BCUT2D eigenvalue weighted by atomic mass is 35.5. The van der Waals surface area contributed by atoms with E-state index in [9.17, 15) is 14.1 Å². The van der Waals surface area contributed by atoms with Crippen molar-refractivity contribution >= 4 is 29.2 Å². The summed E-state index contributed by atoms with van der Waals surface area (Å²) in [6.45, 7) is 0. The van der Waals surface area contributed by atoms with E-state index < -0.39 is 18.2 Å². The normalized spacial score (nSPS) is 9.80. The predicted octanol–water partition coefficient (Wildman–Crippen LogP) is 2.90. The van der Waals surface area contributed by atoms with Crippen LogP contribution < -0.4 is 0 Å². The first kappa shape index (κ1) is 11.9. The van der Waals surface area contributed by atoms with Gasteiger partial charge in [0.25, 0.3) is 0 Å². The van der Waals surface area contributed by atoms with E-state index in [-0.39, 0.29) is 15.6 Å². The third kappa shape index (κ3) is 2.87. The van der Waals surface area contributed by atoms with Gasteiger partial charge in [-0.05, 0) is 12.1 Å². The van der Waals surface area contributed by atoms with Crippen molar-refractivity contribution in [2.45, 2.75) is 6.42 Å². The number of carbonyl (C=O) groups is 1. The van der Waals surface area contributed by atoms with Gasteiger partial charge in [-0.2, -0.15) is 0 Å². The maximum atomic E-state index is 13.2. The van der Waals surface area contributed by atoms with Crippen LogP contribution in [0.1, 0.15) is 5.56 Å². The molecule has 1 rings (SSSR count). The number of nitrogens with zero attached hydrogens (tertiary/aromatic N) is 1. The quantitative estimate of drug-likeness (QED) is 0.472. The molecule has 0 saturated heterocycles. The third-order valence-corrected chi connectivity index (χ3v) is 2.44. The molecule has 0 fully saturated rings. The smallest absolute Gasteiger partial charge is 0.284 e. The standard InChI is InChI=1S/C8H4Cl2FNO3/c9-5-1-2-6(11)4(8(5)10)3-7(13)15-12-14/h1-2H,3H2. The van der Waals surface area contributed by atoms with Gasteiger partial charge in [-0.15, -0.1) is 4.91 Å². The predicted molar refractivity (Wildman–Crippen MR) is 52.0 cm³/mol. The van der Waals surface area contributed by atoms with Crippen molar-refractivity contribution in [1.29, 1.82) is 0 Å². The SMILES string of the molecule is O=NOC(=O)Cc1c(F)ccc(Cl)c1Cl. The average molecular weight is 252 g/mol. The molecule has 0 heterocycles. The first-order valence-electron chi connectivity index (χ1n) is 3.71. The molecule has 4 nitrogen and oxygen atoms in total. The Morgan fingerprint density at radius 2 is 2.13 bits per heavy atom. The van der Waals surface area contributed by atoms with Crippen LogP contribution in [0.2, 0.25) is 10.0 Å². The molecule has 0 spiro atoms. The van der Waals surface area contributed by atoms with Crippen LogP contribution in [-0.4, -0.2) is 5.97 Å². The van der Waals surface area contributed by atoms with Crippen LogP contribution in [0.5, 0.6) is 0 Å². The molecule has 0 aliphatic rings.